The molecule has 0 saturated carbocycles. The normalized spacial score (nSPS) is 11.4. The Bertz CT molecular complexity index is 676. The Balaban J connectivity index is 2.43. The van der Waals surface area contributed by atoms with E-state index in [4.69, 9.17) is 9.47 Å². The molecule has 0 bridgehead atoms. The van der Waals surface area contributed by atoms with Gasteiger partial charge in [0.05, 0.1) is 20.4 Å². The molecule has 0 fully saturated rings. The maximum Gasteiger partial charge on any atom is 0.299 e. The van der Waals surface area contributed by atoms with Crippen LogP contribution in [0.5, 0.6) is 11.5 Å². The van der Waals surface area contributed by atoms with Crippen molar-refractivity contribution in [3.63, 3.8) is 0 Å². The first kappa shape index (κ1) is 16.2. The van der Waals surface area contributed by atoms with Gasteiger partial charge in [-0.2, -0.15) is 9.78 Å². The van der Waals surface area contributed by atoms with Crippen LogP contribution in [-0.2, 0) is 0 Å². The number of ether oxygens (including phenoxy) is 2. The van der Waals surface area contributed by atoms with Crippen molar-refractivity contribution in [3.8, 4) is 11.5 Å². The highest BCUT2D eigenvalue weighted by molar-refractivity contribution is 7.98. The third-order valence-electron chi connectivity index (χ3n) is 2.76. The Kier molecular flexibility index (Phi) is 5.31. The molecule has 2 rings (SSSR count). The number of thioether (sulfide) groups is 1. The fourth-order valence-corrected chi connectivity index (χ4v) is 2.22. The maximum atomic E-state index is 12.9. The maximum absolute atomic E-state index is 12.9. The molecule has 1 aromatic carbocycles. The van der Waals surface area contributed by atoms with E-state index in [1.807, 2.05) is 0 Å². The number of methoxy groups -OCH3 is 2. The first-order valence-corrected chi connectivity index (χ1v) is 7.37. The number of para-hydroxylation sites is 1. The van der Waals surface area contributed by atoms with E-state index in [-0.39, 0.29) is 5.16 Å². The van der Waals surface area contributed by atoms with Gasteiger partial charge >= 0.3 is 0 Å². The minimum atomic E-state index is -2.77. The molecule has 9 heteroatoms. The third-order valence-corrected chi connectivity index (χ3v) is 3.38. The lowest BCUT2D eigenvalue weighted by Crippen LogP contribution is -2.01. The van der Waals surface area contributed by atoms with E-state index in [0.717, 1.165) is 4.68 Å². The third kappa shape index (κ3) is 3.19. The molecule has 0 aliphatic rings. The summed E-state index contributed by atoms with van der Waals surface area (Å²) < 4.78 is 37.3. The lowest BCUT2D eigenvalue weighted by Gasteiger charge is -2.09. The van der Waals surface area contributed by atoms with Crippen molar-refractivity contribution in [1.29, 1.82) is 0 Å². The Morgan fingerprint density at radius 3 is 2.64 bits per heavy atom. The summed E-state index contributed by atoms with van der Waals surface area (Å²) in [6, 6.07) is 5.21. The smallest absolute Gasteiger partial charge is 0.299 e. The molecule has 22 heavy (non-hydrogen) atoms. The van der Waals surface area contributed by atoms with Crippen LogP contribution in [0.25, 0.3) is 0 Å². The lowest BCUT2D eigenvalue weighted by molar-refractivity contribution is 0.135. The number of aromatic nitrogens is 3. The molecule has 1 aromatic heterocycles. The van der Waals surface area contributed by atoms with Gasteiger partial charge in [0.2, 0.25) is 11.0 Å². The molecule has 118 valence electrons. The average molecular weight is 328 g/mol. The number of nitrogens with zero attached hydrogens (tertiary/aromatic N) is 4. The minimum absolute atomic E-state index is 0.272. The molecule has 0 radical (unpaired) electrons. The SMILES string of the molecule is COc1cccc(/C=N\n2c(SC)nnc2C(F)F)c1OC. The summed E-state index contributed by atoms with van der Waals surface area (Å²) in [6.45, 7) is 0. The largest absolute Gasteiger partial charge is 0.493 e. The predicted octanol–water partition coefficient (Wildman–Crippen LogP) is 2.84. The van der Waals surface area contributed by atoms with Gasteiger partial charge in [-0.25, -0.2) is 8.78 Å². The molecule has 1 heterocycles. The Labute approximate surface area is 130 Å². The van der Waals surface area contributed by atoms with Crippen molar-refractivity contribution in [2.45, 2.75) is 11.6 Å². The van der Waals surface area contributed by atoms with Gasteiger partial charge in [-0.05, 0) is 18.4 Å². The van der Waals surface area contributed by atoms with Crippen LogP contribution in [-0.4, -0.2) is 41.6 Å². The van der Waals surface area contributed by atoms with Crippen molar-refractivity contribution in [2.24, 2.45) is 5.10 Å². The van der Waals surface area contributed by atoms with Crippen molar-refractivity contribution in [3.05, 3.63) is 29.6 Å². The molecular weight excluding hydrogens is 314 g/mol. The number of halogens is 2. The average Bonchev–Trinajstić information content (AvgIpc) is 2.95. The molecule has 0 atom stereocenters. The van der Waals surface area contributed by atoms with Crippen molar-refractivity contribution in [2.75, 3.05) is 20.5 Å². The van der Waals surface area contributed by atoms with E-state index >= 15 is 0 Å². The summed E-state index contributed by atoms with van der Waals surface area (Å²) in [4.78, 5) is 0. The predicted molar refractivity (Wildman–Crippen MR) is 79.3 cm³/mol. The van der Waals surface area contributed by atoms with Crippen LogP contribution in [0, 0.1) is 0 Å². The van der Waals surface area contributed by atoms with Crippen LogP contribution in [0.3, 0.4) is 0 Å². The fraction of sp³-hybridized carbons (Fsp3) is 0.308. The number of rotatable bonds is 6. The lowest BCUT2D eigenvalue weighted by atomic mass is 10.2. The monoisotopic (exact) mass is 328 g/mol. The van der Waals surface area contributed by atoms with Gasteiger partial charge in [0.25, 0.3) is 6.43 Å². The Morgan fingerprint density at radius 2 is 2.05 bits per heavy atom. The van der Waals surface area contributed by atoms with Gasteiger partial charge in [-0.3, -0.25) is 0 Å². The quantitative estimate of drug-likeness (QED) is 0.603. The van der Waals surface area contributed by atoms with E-state index in [1.54, 1.807) is 24.5 Å². The van der Waals surface area contributed by atoms with E-state index in [9.17, 15) is 8.78 Å². The van der Waals surface area contributed by atoms with Crippen LogP contribution in [0.2, 0.25) is 0 Å². The van der Waals surface area contributed by atoms with Crippen molar-refractivity contribution >= 4 is 18.0 Å². The van der Waals surface area contributed by atoms with Crippen LogP contribution in [0.1, 0.15) is 17.8 Å². The zero-order valence-electron chi connectivity index (χ0n) is 12.2. The number of benzene rings is 1. The zero-order valence-corrected chi connectivity index (χ0v) is 13.0. The second kappa shape index (κ2) is 7.21. The standard InChI is InChI=1S/C13H14F2N4O2S/c1-20-9-6-4-5-8(10(9)21-2)7-16-19-12(11(14)15)17-18-13(19)22-3/h4-7,11H,1-3H3/b16-7-. The van der Waals surface area contributed by atoms with Crippen molar-refractivity contribution in [1.82, 2.24) is 14.9 Å². The van der Waals surface area contributed by atoms with Gasteiger partial charge in [0, 0.05) is 5.56 Å². The van der Waals surface area contributed by atoms with Gasteiger partial charge < -0.3 is 9.47 Å². The van der Waals surface area contributed by atoms with Gasteiger partial charge in [0.15, 0.2) is 11.5 Å². The topological polar surface area (TPSA) is 61.5 Å². The fourth-order valence-electron chi connectivity index (χ4n) is 1.78. The molecule has 2 aromatic rings. The number of hydrogen-bond acceptors (Lipinski definition) is 6. The summed E-state index contributed by atoms with van der Waals surface area (Å²) in [5, 5.41) is 11.4. The molecule has 6 nitrogen and oxygen atoms in total. The molecule has 0 amide bonds. The van der Waals surface area contributed by atoms with Gasteiger partial charge in [-0.15, -0.1) is 10.2 Å². The summed E-state index contributed by atoms with van der Waals surface area (Å²) in [5.41, 5.74) is 0.586. The molecule has 0 N–H and O–H groups in total. The molecule has 0 aliphatic heterocycles. The molecular formula is C13H14F2N4O2S. The summed E-state index contributed by atoms with van der Waals surface area (Å²) >= 11 is 1.17. The first-order valence-electron chi connectivity index (χ1n) is 6.15. The number of hydrogen-bond donors (Lipinski definition) is 0. The highest BCUT2D eigenvalue weighted by Gasteiger charge is 2.19. The molecule has 0 unspecified atom stereocenters. The van der Waals surface area contributed by atoms with Crippen LogP contribution in [0.15, 0.2) is 28.5 Å². The second-order valence-electron chi connectivity index (χ2n) is 3.98. The highest BCUT2D eigenvalue weighted by Crippen LogP contribution is 2.29. The van der Waals surface area contributed by atoms with E-state index in [0.29, 0.717) is 17.1 Å². The minimum Gasteiger partial charge on any atom is -0.493 e. The van der Waals surface area contributed by atoms with Crippen molar-refractivity contribution < 1.29 is 18.3 Å². The van der Waals surface area contributed by atoms with Crippen LogP contribution >= 0.6 is 11.8 Å². The van der Waals surface area contributed by atoms with Gasteiger partial charge in [0.1, 0.15) is 0 Å². The van der Waals surface area contributed by atoms with Gasteiger partial charge in [-0.1, -0.05) is 17.8 Å². The second-order valence-corrected chi connectivity index (χ2v) is 4.76. The summed E-state index contributed by atoms with van der Waals surface area (Å²) in [7, 11) is 3.01. The highest BCUT2D eigenvalue weighted by atomic mass is 32.2. The molecule has 0 saturated heterocycles. The van der Waals surface area contributed by atoms with E-state index in [2.05, 4.69) is 15.3 Å². The molecule has 0 spiro atoms. The summed E-state index contributed by atoms with van der Waals surface area (Å²) in [6.07, 6.45) is 0.339. The van der Waals surface area contributed by atoms with E-state index < -0.39 is 12.2 Å². The van der Waals surface area contributed by atoms with Crippen LogP contribution < -0.4 is 9.47 Å². The first-order chi connectivity index (χ1) is 10.6. The van der Waals surface area contributed by atoms with Crippen LogP contribution in [0.4, 0.5) is 8.78 Å². The Morgan fingerprint density at radius 1 is 1.27 bits per heavy atom. The molecule has 0 aliphatic carbocycles. The Hall–Kier alpha value is -2.16. The summed E-state index contributed by atoms with van der Waals surface area (Å²) in [5.74, 6) is 0.475. The number of alkyl halides is 2. The zero-order chi connectivity index (χ0) is 16.1. The van der Waals surface area contributed by atoms with E-state index in [1.165, 1.54) is 32.2 Å².